The number of primary amides is 1. The molecule has 6 nitrogen and oxygen atoms in total. The largest absolute Gasteiger partial charge is 0.384 e. The molecular weight excluding hydrogens is 374 g/mol. The third kappa shape index (κ3) is 3.59. The minimum Gasteiger partial charge on any atom is -0.384 e. The lowest BCUT2D eigenvalue weighted by Crippen LogP contribution is -2.36. The number of nitrogens with two attached hydrogens (primary N) is 1. The highest BCUT2D eigenvalue weighted by molar-refractivity contribution is 7.17. The van der Waals surface area contributed by atoms with Crippen LogP contribution in [0, 0.1) is 13.8 Å². The fourth-order valence-corrected chi connectivity index (χ4v) is 4.51. The number of carbonyl (C=O) groups excluding carboxylic acids is 1. The molecule has 0 radical (unpaired) electrons. The number of hydrogen-bond acceptors (Lipinski definition) is 5. The van der Waals surface area contributed by atoms with Gasteiger partial charge < -0.3 is 10.5 Å². The molecule has 1 unspecified atom stereocenters. The molecule has 0 saturated carbocycles. The summed E-state index contributed by atoms with van der Waals surface area (Å²) in [5, 5.41) is 2.50. The lowest BCUT2D eigenvalue weighted by molar-refractivity contribution is -0.121. The molecule has 3 aromatic rings. The van der Waals surface area contributed by atoms with Crippen LogP contribution in [0.2, 0.25) is 0 Å². The van der Waals surface area contributed by atoms with E-state index in [1.807, 2.05) is 38.3 Å². The van der Waals surface area contributed by atoms with Gasteiger partial charge in [0, 0.05) is 24.5 Å². The number of nitrogens with zero attached hydrogens (tertiary/aromatic N) is 2. The normalized spacial score (nSPS) is 12.4. The van der Waals surface area contributed by atoms with Crippen LogP contribution in [0.1, 0.15) is 36.3 Å². The molecule has 0 aliphatic rings. The average molecular weight is 400 g/mol. The number of methoxy groups -OCH3 is 1. The van der Waals surface area contributed by atoms with Crippen molar-refractivity contribution in [2.24, 2.45) is 5.73 Å². The van der Waals surface area contributed by atoms with Crippen molar-refractivity contribution in [3.63, 3.8) is 0 Å². The van der Waals surface area contributed by atoms with E-state index in [0.29, 0.717) is 35.5 Å². The summed E-state index contributed by atoms with van der Waals surface area (Å²) in [5.74, 6) is -0.00765. The second-order valence-electron chi connectivity index (χ2n) is 6.92. The Morgan fingerprint density at radius 2 is 2.07 bits per heavy atom. The van der Waals surface area contributed by atoms with E-state index < -0.39 is 11.9 Å². The molecule has 1 aromatic carbocycles. The standard InChI is InChI=1S/C21H25N3O3S/c1-5-16(19(22)25)24-17(8-9-27-4)23-20-18(21(24)26)15(11-28-20)14-7-6-12(2)10-13(14)3/h6-7,10-11,16H,5,8-9H2,1-4H3,(H2,22,25). The zero-order valence-corrected chi connectivity index (χ0v) is 17.4. The van der Waals surface area contributed by atoms with Crippen LogP contribution in [0.25, 0.3) is 21.3 Å². The van der Waals surface area contributed by atoms with Gasteiger partial charge in [-0.2, -0.15) is 0 Å². The Balaban J connectivity index is 2.31. The number of aromatic nitrogens is 2. The zero-order chi connectivity index (χ0) is 20.4. The van der Waals surface area contributed by atoms with Crippen LogP contribution in [0.3, 0.4) is 0 Å². The van der Waals surface area contributed by atoms with Crippen molar-refractivity contribution < 1.29 is 9.53 Å². The Morgan fingerprint density at radius 1 is 1.32 bits per heavy atom. The molecule has 1 atom stereocenters. The smallest absolute Gasteiger partial charge is 0.263 e. The lowest BCUT2D eigenvalue weighted by Gasteiger charge is -2.19. The fourth-order valence-electron chi connectivity index (χ4n) is 3.56. The van der Waals surface area contributed by atoms with Crippen molar-refractivity contribution in [2.45, 2.75) is 39.7 Å². The van der Waals surface area contributed by atoms with Crippen LogP contribution in [0.5, 0.6) is 0 Å². The number of fused-ring (bicyclic) bond motifs is 1. The van der Waals surface area contributed by atoms with Gasteiger partial charge in [0.25, 0.3) is 5.56 Å². The first-order chi connectivity index (χ1) is 13.4. The van der Waals surface area contributed by atoms with Gasteiger partial charge in [-0.15, -0.1) is 11.3 Å². The van der Waals surface area contributed by atoms with Crippen molar-refractivity contribution in [1.82, 2.24) is 9.55 Å². The van der Waals surface area contributed by atoms with Crippen LogP contribution < -0.4 is 11.3 Å². The minimum absolute atomic E-state index is 0.224. The minimum atomic E-state index is -0.733. The summed E-state index contributed by atoms with van der Waals surface area (Å²) >= 11 is 1.44. The van der Waals surface area contributed by atoms with Gasteiger partial charge >= 0.3 is 0 Å². The van der Waals surface area contributed by atoms with Crippen molar-refractivity contribution in [3.8, 4) is 11.1 Å². The number of ether oxygens (including phenoxy) is 1. The van der Waals surface area contributed by atoms with Crippen LogP contribution in [-0.4, -0.2) is 29.2 Å². The molecule has 0 spiro atoms. The molecule has 0 fully saturated rings. The van der Waals surface area contributed by atoms with Crippen LogP contribution >= 0.6 is 11.3 Å². The van der Waals surface area contributed by atoms with Gasteiger partial charge in [0.2, 0.25) is 5.91 Å². The molecule has 7 heteroatoms. The Kier molecular flexibility index (Phi) is 5.96. The first kappa shape index (κ1) is 20.2. The molecule has 2 heterocycles. The summed E-state index contributed by atoms with van der Waals surface area (Å²) in [4.78, 5) is 30.9. The second-order valence-corrected chi connectivity index (χ2v) is 7.78. The topological polar surface area (TPSA) is 87.2 Å². The van der Waals surface area contributed by atoms with E-state index in [1.165, 1.54) is 15.9 Å². The molecule has 3 rings (SSSR count). The molecular formula is C21H25N3O3S. The molecule has 1 amide bonds. The lowest BCUT2D eigenvalue weighted by atomic mass is 9.99. The third-order valence-corrected chi connectivity index (χ3v) is 5.81. The maximum absolute atomic E-state index is 13.5. The number of hydrogen-bond donors (Lipinski definition) is 1. The summed E-state index contributed by atoms with van der Waals surface area (Å²) in [6, 6.07) is 5.42. The molecule has 0 aliphatic heterocycles. The van der Waals surface area contributed by atoms with Crippen LogP contribution in [0.15, 0.2) is 28.4 Å². The SMILES string of the molecule is CCC(C(N)=O)n1c(CCOC)nc2scc(-c3ccc(C)cc3C)c2c1=O. The number of benzene rings is 1. The molecule has 148 valence electrons. The Labute approximate surface area is 168 Å². The van der Waals surface area contributed by atoms with Gasteiger partial charge in [0.1, 0.15) is 16.7 Å². The zero-order valence-electron chi connectivity index (χ0n) is 16.6. The van der Waals surface area contributed by atoms with E-state index in [-0.39, 0.29) is 5.56 Å². The first-order valence-electron chi connectivity index (χ1n) is 9.27. The number of rotatable bonds is 7. The van der Waals surface area contributed by atoms with E-state index in [4.69, 9.17) is 15.5 Å². The van der Waals surface area contributed by atoms with Gasteiger partial charge in [0.05, 0.1) is 12.0 Å². The molecule has 0 saturated heterocycles. The van der Waals surface area contributed by atoms with Crippen molar-refractivity contribution in [3.05, 3.63) is 50.9 Å². The maximum Gasteiger partial charge on any atom is 0.263 e. The Bertz CT molecular complexity index is 1080. The fraction of sp³-hybridized carbons (Fsp3) is 0.381. The highest BCUT2D eigenvalue weighted by atomic mass is 32.1. The molecule has 28 heavy (non-hydrogen) atoms. The number of thiophene rings is 1. The number of aryl methyl sites for hydroxylation is 2. The van der Waals surface area contributed by atoms with Crippen LogP contribution in [0.4, 0.5) is 0 Å². The quantitative estimate of drug-likeness (QED) is 0.660. The average Bonchev–Trinajstić information content (AvgIpc) is 3.06. The van der Waals surface area contributed by atoms with Gasteiger partial charge in [-0.3, -0.25) is 14.2 Å². The van der Waals surface area contributed by atoms with E-state index in [2.05, 4.69) is 6.07 Å². The number of amides is 1. The maximum atomic E-state index is 13.5. The molecule has 2 N–H and O–H groups in total. The predicted molar refractivity (Wildman–Crippen MR) is 113 cm³/mol. The third-order valence-electron chi connectivity index (χ3n) is 4.94. The molecule has 0 aliphatic carbocycles. The van der Waals surface area contributed by atoms with Crippen molar-refractivity contribution in [1.29, 1.82) is 0 Å². The van der Waals surface area contributed by atoms with Gasteiger partial charge in [-0.25, -0.2) is 4.98 Å². The second kappa shape index (κ2) is 8.24. The van der Waals surface area contributed by atoms with Crippen molar-refractivity contribution >= 4 is 27.5 Å². The van der Waals surface area contributed by atoms with E-state index in [9.17, 15) is 9.59 Å². The summed E-state index contributed by atoms with van der Waals surface area (Å²) in [7, 11) is 1.59. The van der Waals surface area contributed by atoms with E-state index in [1.54, 1.807) is 7.11 Å². The predicted octanol–water partition coefficient (Wildman–Crippen LogP) is 3.37. The van der Waals surface area contributed by atoms with Crippen molar-refractivity contribution in [2.75, 3.05) is 13.7 Å². The Hall–Kier alpha value is -2.51. The first-order valence-corrected chi connectivity index (χ1v) is 10.2. The summed E-state index contributed by atoms with van der Waals surface area (Å²) in [5.41, 5.74) is 9.48. The highest BCUT2D eigenvalue weighted by Crippen LogP contribution is 2.34. The van der Waals surface area contributed by atoms with Gasteiger partial charge in [0.15, 0.2) is 0 Å². The van der Waals surface area contributed by atoms with Gasteiger partial charge in [-0.1, -0.05) is 30.7 Å². The monoisotopic (exact) mass is 399 g/mol. The number of carbonyl (C=O) groups is 1. The van der Waals surface area contributed by atoms with E-state index >= 15 is 0 Å². The summed E-state index contributed by atoms with van der Waals surface area (Å²) < 4.78 is 6.62. The summed E-state index contributed by atoms with van der Waals surface area (Å²) in [6.07, 6.45) is 0.855. The van der Waals surface area contributed by atoms with Gasteiger partial charge in [-0.05, 0) is 31.4 Å². The molecule has 0 bridgehead atoms. The Morgan fingerprint density at radius 3 is 2.68 bits per heavy atom. The highest BCUT2D eigenvalue weighted by Gasteiger charge is 2.24. The summed E-state index contributed by atoms with van der Waals surface area (Å²) in [6.45, 7) is 6.31. The van der Waals surface area contributed by atoms with E-state index in [0.717, 1.165) is 22.3 Å². The molecule has 2 aromatic heterocycles. The van der Waals surface area contributed by atoms with Crippen LogP contribution in [-0.2, 0) is 16.0 Å².